The monoisotopic (exact) mass is 361 g/mol. The number of aromatic nitrogens is 2. The van der Waals surface area contributed by atoms with E-state index in [0.717, 1.165) is 0 Å². The molecule has 1 aliphatic rings. The van der Waals surface area contributed by atoms with Crippen LogP contribution in [0.5, 0.6) is 0 Å². The van der Waals surface area contributed by atoms with Crippen LogP contribution in [0.1, 0.15) is 31.1 Å². The normalized spacial score (nSPS) is 12.8. The molecular weight excluding hydrogens is 350 g/mol. The molecule has 1 aliphatic heterocycles. The molecule has 2 aromatic heterocycles. The predicted octanol–water partition coefficient (Wildman–Crippen LogP) is 1.80. The fourth-order valence-electron chi connectivity index (χ4n) is 2.72. The number of hydrogen-bond acceptors (Lipinski definition) is 6. The van der Waals surface area contributed by atoms with Crippen molar-refractivity contribution in [1.82, 2.24) is 15.0 Å². The highest BCUT2D eigenvalue weighted by molar-refractivity contribution is 6.21. The Morgan fingerprint density at radius 3 is 2.11 bits per heavy atom. The van der Waals surface area contributed by atoms with Gasteiger partial charge < -0.3 is 9.82 Å². The smallest absolute Gasteiger partial charge is 0.324 e. The van der Waals surface area contributed by atoms with Gasteiger partial charge in [-0.3, -0.25) is 19.4 Å². The molecule has 0 bridgehead atoms. The molecular formula is C19H11N3O5. The van der Waals surface area contributed by atoms with E-state index in [0.29, 0.717) is 16.3 Å². The largest absolute Gasteiger partial charge is 0.369 e. The quantitative estimate of drug-likeness (QED) is 0.713. The number of imide groups is 1. The maximum absolute atomic E-state index is 12.3. The number of nitrogens with zero attached hydrogens (tertiary/aromatic N) is 2. The maximum Gasteiger partial charge on any atom is 0.369 e. The summed E-state index contributed by atoms with van der Waals surface area (Å²) < 4.78 is 0. The Labute approximate surface area is 152 Å². The third-order valence-electron chi connectivity index (χ3n) is 4.05. The van der Waals surface area contributed by atoms with Gasteiger partial charge in [0.15, 0.2) is 0 Å². The molecule has 4 rings (SSSR count). The van der Waals surface area contributed by atoms with Crippen LogP contribution in [0.25, 0.3) is 11.3 Å². The van der Waals surface area contributed by atoms with Crippen LogP contribution in [-0.2, 0) is 4.84 Å². The summed E-state index contributed by atoms with van der Waals surface area (Å²) in [4.78, 5) is 60.4. The van der Waals surface area contributed by atoms with Crippen LogP contribution in [0, 0.1) is 0 Å². The number of fused-ring (bicyclic) bond motifs is 1. The number of carbonyl (C=O) groups is 3. The fraction of sp³-hybridized carbons (Fsp3) is 0. The minimum absolute atomic E-state index is 0.136. The van der Waals surface area contributed by atoms with Gasteiger partial charge in [0.2, 0.25) is 0 Å². The van der Waals surface area contributed by atoms with Crippen LogP contribution in [0.3, 0.4) is 0 Å². The molecule has 3 aromatic rings. The van der Waals surface area contributed by atoms with Crippen LogP contribution in [0.2, 0.25) is 0 Å². The molecule has 0 unspecified atom stereocenters. The molecule has 0 saturated carbocycles. The lowest BCUT2D eigenvalue weighted by molar-refractivity contribution is -0.0585. The fourth-order valence-corrected chi connectivity index (χ4v) is 2.72. The summed E-state index contributed by atoms with van der Waals surface area (Å²) in [6.07, 6.45) is 3.14. The zero-order chi connectivity index (χ0) is 19.0. The number of benzene rings is 1. The summed E-state index contributed by atoms with van der Waals surface area (Å²) >= 11 is 0. The van der Waals surface area contributed by atoms with Gasteiger partial charge in [0, 0.05) is 23.7 Å². The molecule has 3 heterocycles. The molecule has 132 valence electrons. The number of hydroxylamine groups is 2. The lowest BCUT2D eigenvalue weighted by atomic mass is 10.1. The van der Waals surface area contributed by atoms with Crippen molar-refractivity contribution in [2.75, 3.05) is 0 Å². The van der Waals surface area contributed by atoms with Crippen LogP contribution in [0.4, 0.5) is 0 Å². The standard InChI is InChI=1S/C19H11N3O5/c23-16-14(5-6-15(21-16)11-7-9-20-10-8-11)19(26)27-22-17(24)12-3-1-2-4-13(12)18(22)25/h1-10H,(H,21,23). The zero-order valence-electron chi connectivity index (χ0n) is 13.7. The van der Waals surface area contributed by atoms with Gasteiger partial charge >= 0.3 is 5.97 Å². The van der Waals surface area contributed by atoms with Crippen molar-refractivity contribution in [2.45, 2.75) is 0 Å². The molecule has 0 saturated heterocycles. The Kier molecular flexibility index (Phi) is 3.85. The minimum Gasteiger partial charge on any atom is -0.324 e. The molecule has 0 fully saturated rings. The topological polar surface area (TPSA) is 109 Å². The summed E-state index contributed by atoms with van der Waals surface area (Å²) in [6.45, 7) is 0. The lowest BCUT2D eigenvalue weighted by Gasteiger charge is -2.12. The van der Waals surface area contributed by atoms with Crippen molar-refractivity contribution < 1.29 is 19.2 Å². The number of carbonyl (C=O) groups excluding carboxylic acids is 3. The Balaban J connectivity index is 1.59. The summed E-state index contributed by atoms with van der Waals surface area (Å²) in [5.74, 6) is -2.62. The molecule has 1 aromatic carbocycles. The molecule has 8 nitrogen and oxygen atoms in total. The van der Waals surface area contributed by atoms with Crippen LogP contribution >= 0.6 is 0 Å². The van der Waals surface area contributed by atoms with Crippen LogP contribution in [0.15, 0.2) is 65.7 Å². The molecule has 0 atom stereocenters. The maximum atomic E-state index is 12.3. The highest BCUT2D eigenvalue weighted by Crippen LogP contribution is 2.23. The number of pyridine rings is 2. The van der Waals surface area contributed by atoms with E-state index in [1.54, 1.807) is 36.7 Å². The Bertz CT molecular complexity index is 1100. The Hall–Kier alpha value is -4.07. The summed E-state index contributed by atoms with van der Waals surface area (Å²) in [5, 5.41) is 0.364. The van der Waals surface area contributed by atoms with Crippen LogP contribution < -0.4 is 5.56 Å². The van der Waals surface area contributed by atoms with Gasteiger partial charge in [-0.05, 0) is 36.4 Å². The molecule has 0 spiro atoms. The lowest BCUT2D eigenvalue weighted by Crippen LogP contribution is -2.34. The third kappa shape index (κ3) is 2.78. The van der Waals surface area contributed by atoms with E-state index >= 15 is 0 Å². The van der Waals surface area contributed by atoms with Gasteiger partial charge in [-0.2, -0.15) is 0 Å². The van der Waals surface area contributed by atoms with Gasteiger partial charge in [-0.25, -0.2) is 4.79 Å². The average Bonchev–Trinajstić information content (AvgIpc) is 2.93. The average molecular weight is 361 g/mol. The molecule has 27 heavy (non-hydrogen) atoms. The molecule has 1 N–H and O–H groups in total. The number of H-pyrrole nitrogens is 1. The van der Waals surface area contributed by atoms with Gasteiger partial charge in [-0.15, -0.1) is 0 Å². The Morgan fingerprint density at radius 1 is 0.889 bits per heavy atom. The predicted molar refractivity (Wildman–Crippen MR) is 92.7 cm³/mol. The summed E-state index contributed by atoms with van der Waals surface area (Å²) in [5.41, 5.74) is 0.437. The van der Waals surface area contributed by atoms with Crippen molar-refractivity contribution >= 4 is 17.8 Å². The zero-order valence-corrected chi connectivity index (χ0v) is 13.7. The van der Waals surface area contributed by atoms with Crippen LogP contribution in [-0.4, -0.2) is 32.8 Å². The van der Waals surface area contributed by atoms with E-state index in [4.69, 9.17) is 4.84 Å². The highest BCUT2D eigenvalue weighted by atomic mass is 16.7. The summed E-state index contributed by atoms with van der Waals surface area (Å²) in [7, 11) is 0. The number of nitrogens with one attached hydrogen (secondary N) is 1. The molecule has 8 heteroatoms. The summed E-state index contributed by atoms with van der Waals surface area (Å²) in [6, 6.07) is 12.3. The highest BCUT2D eigenvalue weighted by Gasteiger charge is 2.39. The second-order valence-electron chi connectivity index (χ2n) is 5.68. The first-order valence-corrected chi connectivity index (χ1v) is 7.90. The second kappa shape index (κ2) is 6.34. The minimum atomic E-state index is -1.10. The van der Waals surface area contributed by atoms with E-state index in [9.17, 15) is 19.2 Å². The number of hydrogen-bond donors (Lipinski definition) is 1. The van der Waals surface area contributed by atoms with Gasteiger partial charge in [0.1, 0.15) is 5.56 Å². The van der Waals surface area contributed by atoms with Crippen molar-refractivity contribution in [3.05, 3.63) is 88.0 Å². The third-order valence-corrected chi connectivity index (χ3v) is 4.05. The molecule has 0 radical (unpaired) electrons. The second-order valence-corrected chi connectivity index (χ2v) is 5.68. The SMILES string of the molecule is O=C(ON1C(=O)c2ccccc2C1=O)c1ccc(-c2ccncc2)[nH]c1=O. The van der Waals surface area contributed by atoms with Gasteiger partial charge in [-0.1, -0.05) is 17.2 Å². The first kappa shape index (κ1) is 16.4. The van der Waals surface area contributed by atoms with E-state index in [-0.39, 0.29) is 16.7 Å². The van der Waals surface area contributed by atoms with E-state index in [1.165, 1.54) is 24.3 Å². The molecule has 2 amide bonds. The Morgan fingerprint density at radius 2 is 1.52 bits per heavy atom. The van der Waals surface area contributed by atoms with Gasteiger partial charge in [0.25, 0.3) is 17.4 Å². The number of aromatic amines is 1. The number of rotatable bonds is 3. The van der Waals surface area contributed by atoms with Crippen molar-refractivity contribution in [2.24, 2.45) is 0 Å². The van der Waals surface area contributed by atoms with Crippen molar-refractivity contribution in [3.63, 3.8) is 0 Å². The van der Waals surface area contributed by atoms with Gasteiger partial charge in [0.05, 0.1) is 11.1 Å². The molecule has 0 aliphatic carbocycles. The number of amides is 2. The van der Waals surface area contributed by atoms with E-state index in [2.05, 4.69) is 9.97 Å². The van der Waals surface area contributed by atoms with Crippen molar-refractivity contribution in [3.8, 4) is 11.3 Å². The van der Waals surface area contributed by atoms with E-state index < -0.39 is 23.3 Å². The first-order valence-electron chi connectivity index (χ1n) is 7.90. The van der Waals surface area contributed by atoms with Crippen molar-refractivity contribution in [1.29, 1.82) is 0 Å². The first-order chi connectivity index (χ1) is 13.1. The van der Waals surface area contributed by atoms with E-state index in [1.807, 2.05) is 0 Å².